The molecule has 0 aliphatic carbocycles. The Bertz CT molecular complexity index is 435. The van der Waals surface area contributed by atoms with E-state index in [1.54, 1.807) is 0 Å². The summed E-state index contributed by atoms with van der Waals surface area (Å²) in [6, 6.07) is 2.33. The highest BCUT2D eigenvalue weighted by Gasteiger charge is 2.19. The number of methoxy groups -OCH3 is 1. The van der Waals surface area contributed by atoms with Crippen molar-refractivity contribution in [3.63, 3.8) is 0 Å². The van der Waals surface area contributed by atoms with Gasteiger partial charge in [0.1, 0.15) is 5.75 Å². The van der Waals surface area contributed by atoms with Gasteiger partial charge in [-0.3, -0.25) is 14.9 Å². The second kappa shape index (κ2) is 4.59. The molecule has 0 atom stereocenters. The highest BCUT2D eigenvalue weighted by atomic mass is 79.9. The van der Waals surface area contributed by atoms with Crippen LogP contribution in [-0.2, 0) is 0 Å². The molecule has 80 valence electrons. The number of hydrogen-bond donors (Lipinski definition) is 0. The lowest BCUT2D eigenvalue weighted by molar-refractivity contribution is -0.385. The van der Waals surface area contributed by atoms with Crippen molar-refractivity contribution < 1.29 is 14.5 Å². The van der Waals surface area contributed by atoms with Crippen LogP contribution < -0.4 is 4.74 Å². The number of hydrogen-bond acceptors (Lipinski definition) is 4. The number of benzene rings is 1. The van der Waals surface area contributed by atoms with Crippen LogP contribution in [0.25, 0.3) is 0 Å². The minimum atomic E-state index is -0.742. The van der Waals surface area contributed by atoms with Crippen LogP contribution in [0.15, 0.2) is 16.6 Å². The molecule has 0 spiro atoms. The molecule has 0 saturated carbocycles. The third kappa shape index (κ3) is 2.45. The molecule has 1 aromatic rings. The number of carbonyl (C=O) groups excluding carboxylic acids is 1. The summed E-state index contributed by atoms with van der Waals surface area (Å²) in [5.74, 6) is 0.0658. The lowest BCUT2D eigenvalue weighted by atomic mass is 10.2. The van der Waals surface area contributed by atoms with Crippen LogP contribution in [0.4, 0.5) is 5.69 Å². The summed E-state index contributed by atoms with van der Waals surface area (Å²) < 4.78 is 5.07. The van der Waals surface area contributed by atoms with Gasteiger partial charge in [-0.25, -0.2) is 0 Å². The monoisotopic (exact) mass is 293 g/mol. The van der Waals surface area contributed by atoms with Crippen molar-refractivity contribution in [2.24, 2.45) is 0 Å². The largest absolute Gasteiger partial charge is 0.496 e. The molecule has 0 aromatic heterocycles. The number of nitrogens with zero attached hydrogens (tertiary/aromatic N) is 1. The van der Waals surface area contributed by atoms with E-state index in [1.165, 1.54) is 13.2 Å². The van der Waals surface area contributed by atoms with Crippen molar-refractivity contribution >= 4 is 38.5 Å². The smallest absolute Gasteiger partial charge is 0.274 e. The first-order chi connectivity index (χ1) is 6.97. The summed E-state index contributed by atoms with van der Waals surface area (Å²) in [5, 5.41) is 9.77. The van der Waals surface area contributed by atoms with E-state index in [9.17, 15) is 14.9 Å². The van der Waals surface area contributed by atoms with E-state index < -0.39 is 10.2 Å². The van der Waals surface area contributed by atoms with Gasteiger partial charge in [0.15, 0.2) is 0 Å². The molecule has 0 heterocycles. The van der Waals surface area contributed by atoms with Gasteiger partial charge in [0.25, 0.3) is 10.9 Å². The van der Waals surface area contributed by atoms with Crippen molar-refractivity contribution in [1.29, 1.82) is 0 Å². The van der Waals surface area contributed by atoms with Gasteiger partial charge in [-0.2, -0.15) is 0 Å². The van der Waals surface area contributed by atoms with Gasteiger partial charge in [0.2, 0.25) is 0 Å². The normalized spacial score (nSPS) is 9.80. The van der Waals surface area contributed by atoms with Crippen molar-refractivity contribution in [2.45, 2.75) is 0 Å². The van der Waals surface area contributed by atoms with E-state index in [4.69, 9.17) is 16.3 Å². The molecule has 0 saturated heterocycles. The molecule has 1 rings (SSSR count). The number of carbonyl (C=O) groups is 1. The van der Waals surface area contributed by atoms with Crippen molar-refractivity contribution in [1.82, 2.24) is 0 Å². The fourth-order valence-corrected chi connectivity index (χ4v) is 1.94. The van der Waals surface area contributed by atoms with E-state index in [-0.39, 0.29) is 21.5 Å². The molecule has 0 amide bonds. The molecule has 15 heavy (non-hydrogen) atoms. The van der Waals surface area contributed by atoms with Crippen LogP contribution in [0.5, 0.6) is 5.75 Å². The van der Waals surface area contributed by atoms with Crippen molar-refractivity contribution in [3.8, 4) is 5.75 Å². The minimum Gasteiger partial charge on any atom is -0.496 e. The molecule has 0 fully saturated rings. The Morgan fingerprint density at radius 2 is 2.20 bits per heavy atom. The van der Waals surface area contributed by atoms with Crippen LogP contribution in [-0.4, -0.2) is 17.3 Å². The third-order valence-electron chi connectivity index (χ3n) is 1.67. The number of halogens is 2. The SMILES string of the molecule is COc1cc([N+](=O)[O-])cc(Br)c1C(=O)Cl. The zero-order valence-electron chi connectivity index (χ0n) is 7.49. The van der Waals surface area contributed by atoms with Gasteiger partial charge >= 0.3 is 0 Å². The number of rotatable bonds is 3. The Hall–Kier alpha value is -1.14. The van der Waals surface area contributed by atoms with Crippen molar-refractivity contribution in [2.75, 3.05) is 7.11 Å². The first kappa shape index (κ1) is 11.9. The lowest BCUT2D eigenvalue weighted by Crippen LogP contribution is -1.99. The number of non-ortho nitro benzene ring substituents is 1. The molecule has 0 aliphatic heterocycles. The Morgan fingerprint density at radius 1 is 1.60 bits per heavy atom. The molecule has 0 N–H and O–H groups in total. The predicted molar refractivity (Wildman–Crippen MR) is 57.5 cm³/mol. The van der Waals surface area contributed by atoms with Crippen LogP contribution in [0, 0.1) is 10.1 Å². The standard InChI is InChI=1S/C8H5BrClNO4/c1-15-6-3-4(11(13)14)2-5(9)7(6)8(10)12/h2-3H,1H3. The van der Waals surface area contributed by atoms with Gasteiger partial charge in [0, 0.05) is 10.5 Å². The van der Waals surface area contributed by atoms with E-state index in [2.05, 4.69) is 15.9 Å². The van der Waals surface area contributed by atoms with Crippen LogP contribution in [0.1, 0.15) is 10.4 Å². The first-order valence-corrected chi connectivity index (χ1v) is 4.86. The molecule has 0 bridgehead atoms. The van der Waals surface area contributed by atoms with Gasteiger partial charge in [-0.1, -0.05) is 0 Å². The average Bonchev–Trinajstić information content (AvgIpc) is 2.15. The van der Waals surface area contributed by atoms with Gasteiger partial charge in [-0.05, 0) is 27.5 Å². The van der Waals surface area contributed by atoms with Crippen molar-refractivity contribution in [3.05, 3.63) is 32.3 Å². The fourth-order valence-electron chi connectivity index (χ4n) is 1.02. The Balaban J connectivity index is 3.43. The molecule has 1 aromatic carbocycles. The number of nitro benzene ring substituents is 1. The summed E-state index contributed by atoms with van der Waals surface area (Å²) in [6.07, 6.45) is 0. The van der Waals surface area contributed by atoms with Crippen LogP contribution in [0.3, 0.4) is 0 Å². The topological polar surface area (TPSA) is 69.4 Å². The van der Waals surface area contributed by atoms with Crippen LogP contribution >= 0.6 is 27.5 Å². The van der Waals surface area contributed by atoms with Crippen LogP contribution in [0.2, 0.25) is 0 Å². The first-order valence-electron chi connectivity index (χ1n) is 3.69. The van der Waals surface area contributed by atoms with Gasteiger partial charge < -0.3 is 4.74 Å². The molecule has 0 unspecified atom stereocenters. The third-order valence-corrected chi connectivity index (χ3v) is 2.48. The maximum atomic E-state index is 11.0. The van der Waals surface area contributed by atoms with E-state index in [0.29, 0.717) is 0 Å². The minimum absolute atomic E-state index is 0.0658. The fraction of sp³-hybridized carbons (Fsp3) is 0.125. The summed E-state index contributed by atoms with van der Waals surface area (Å²) in [6.45, 7) is 0. The van der Waals surface area contributed by atoms with Gasteiger partial charge in [0.05, 0.1) is 23.7 Å². The maximum Gasteiger partial charge on any atom is 0.274 e. The maximum absolute atomic E-state index is 11.0. The predicted octanol–water partition coefficient (Wildman–Crippen LogP) is 2.74. The highest BCUT2D eigenvalue weighted by Crippen LogP contribution is 2.33. The molecule has 0 aliphatic rings. The Labute approximate surface area is 98.3 Å². The molecular formula is C8H5BrClNO4. The Kier molecular flexibility index (Phi) is 3.65. The number of ether oxygens (including phenoxy) is 1. The lowest BCUT2D eigenvalue weighted by Gasteiger charge is -2.06. The molecule has 5 nitrogen and oxygen atoms in total. The highest BCUT2D eigenvalue weighted by molar-refractivity contribution is 9.10. The summed E-state index contributed by atoms with van der Waals surface area (Å²) in [7, 11) is 1.30. The van der Waals surface area contributed by atoms with E-state index in [0.717, 1.165) is 6.07 Å². The quantitative estimate of drug-likeness (QED) is 0.488. The average molecular weight is 294 g/mol. The second-order valence-corrected chi connectivity index (χ2v) is 3.73. The second-order valence-electron chi connectivity index (χ2n) is 2.54. The molecule has 7 heteroatoms. The Morgan fingerprint density at radius 3 is 2.60 bits per heavy atom. The van der Waals surface area contributed by atoms with E-state index in [1.807, 2.05) is 0 Å². The summed E-state index contributed by atoms with van der Waals surface area (Å²) >= 11 is 8.32. The van der Waals surface area contributed by atoms with E-state index >= 15 is 0 Å². The molecule has 0 radical (unpaired) electrons. The summed E-state index contributed by atoms with van der Waals surface area (Å²) in [5.41, 5.74) is -0.106. The van der Waals surface area contributed by atoms with Gasteiger partial charge in [-0.15, -0.1) is 0 Å². The number of nitro groups is 1. The zero-order valence-corrected chi connectivity index (χ0v) is 9.83. The summed E-state index contributed by atoms with van der Waals surface area (Å²) in [4.78, 5) is 20.9. The molecular weight excluding hydrogens is 289 g/mol. The zero-order chi connectivity index (χ0) is 11.6.